The predicted octanol–water partition coefficient (Wildman–Crippen LogP) is 2.41. The van der Waals surface area contributed by atoms with Crippen LogP contribution >= 0.6 is 0 Å². The van der Waals surface area contributed by atoms with Crippen LogP contribution in [0.15, 0.2) is 36.4 Å². The van der Waals surface area contributed by atoms with Crippen LogP contribution in [0.2, 0.25) is 0 Å². The first-order valence-corrected chi connectivity index (χ1v) is 14.1. The van der Waals surface area contributed by atoms with Crippen molar-refractivity contribution >= 4 is 35.2 Å². The quantitative estimate of drug-likeness (QED) is 0.164. The predicted molar refractivity (Wildman–Crippen MR) is 153 cm³/mol. The summed E-state index contributed by atoms with van der Waals surface area (Å²) in [5, 5.41) is 8.67. The number of nitrogens with zero attached hydrogens (tertiary/aromatic N) is 2. The van der Waals surface area contributed by atoms with E-state index in [1.807, 2.05) is 14.1 Å². The zero-order valence-electron chi connectivity index (χ0n) is 23.7. The SMILES string of the molecule is [CH2]c1ccc(NC(=O)[C@H](CCCCN(C)C)NC(=O)C2(C(=O)NCCCCCN3C(=O)C=CC3=O)CCC2)cc1. The Labute approximate surface area is 236 Å². The average Bonchev–Trinajstić information content (AvgIpc) is 3.20. The summed E-state index contributed by atoms with van der Waals surface area (Å²) in [4.78, 5) is 66.3. The van der Waals surface area contributed by atoms with E-state index in [1.54, 1.807) is 24.3 Å². The van der Waals surface area contributed by atoms with Gasteiger partial charge in [0.15, 0.2) is 0 Å². The molecular weight excluding hydrogens is 510 g/mol. The van der Waals surface area contributed by atoms with E-state index < -0.39 is 17.4 Å². The van der Waals surface area contributed by atoms with Crippen molar-refractivity contribution in [2.24, 2.45) is 5.41 Å². The molecule has 0 unspecified atom stereocenters. The first kappa shape index (κ1) is 31.0. The Hall–Kier alpha value is -3.53. The summed E-state index contributed by atoms with van der Waals surface area (Å²) in [6.07, 6.45) is 8.31. The summed E-state index contributed by atoms with van der Waals surface area (Å²) in [6, 6.07) is 6.38. The van der Waals surface area contributed by atoms with Gasteiger partial charge in [-0.25, -0.2) is 0 Å². The summed E-state index contributed by atoms with van der Waals surface area (Å²) in [7, 11) is 3.98. The van der Waals surface area contributed by atoms with Crippen molar-refractivity contribution in [3.05, 3.63) is 48.9 Å². The van der Waals surface area contributed by atoms with Gasteiger partial charge in [-0.2, -0.15) is 0 Å². The molecule has 3 rings (SSSR count). The third kappa shape index (κ3) is 8.48. The van der Waals surface area contributed by atoms with Crippen LogP contribution in [0.5, 0.6) is 0 Å². The van der Waals surface area contributed by atoms with Gasteiger partial charge >= 0.3 is 0 Å². The maximum atomic E-state index is 13.4. The molecule has 1 fully saturated rings. The number of anilines is 1. The van der Waals surface area contributed by atoms with Gasteiger partial charge in [0.25, 0.3) is 11.8 Å². The molecule has 0 spiro atoms. The molecule has 1 aromatic rings. The minimum Gasteiger partial charge on any atom is -0.355 e. The smallest absolute Gasteiger partial charge is 0.253 e. The Morgan fingerprint density at radius 1 is 0.950 bits per heavy atom. The Morgan fingerprint density at radius 2 is 1.62 bits per heavy atom. The molecule has 5 amide bonds. The summed E-state index contributed by atoms with van der Waals surface area (Å²) >= 11 is 0. The molecule has 10 nitrogen and oxygen atoms in total. The molecule has 217 valence electrons. The molecule has 10 heteroatoms. The average molecular weight is 553 g/mol. The number of hydrogen-bond donors (Lipinski definition) is 3. The number of carbonyl (C=O) groups is 5. The highest BCUT2D eigenvalue weighted by Crippen LogP contribution is 2.41. The van der Waals surface area contributed by atoms with Gasteiger partial charge in [-0.1, -0.05) is 18.6 Å². The van der Waals surface area contributed by atoms with Crippen LogP contribution in [0, 0.1) is 12.3 Å². The second kappa shape index (κ2) is 14.7. The topological polar surface area (TPSA) is 128 Å². The second-order valence-corrected chi connectivity index (χ2v) is 10.9. The van der Waals surface area contributed by atoms with E-state index in [4.69, 9.17) is 0 Å². The zero-order valence-corrected chi connectivity index (χ0v) is 23.7. The van der Waals surface area contributed by atoms with Gasteiger partial charge in [0.05, 0.1) is 0 Å². The van der Waals surface area contributed by atoms with Gasteiger partial charge < -0.3 is 20.9 Å². The maximum absolute atomic E-state index is 13.4. The summed E-state index contributed by atoms with van der Waals surface area (Å²) in [5.74, 6) is -1.62. The van der Waals surface area contributed by atoms with Crippen molar-refractivity contribution in [2.45, 2.75) is 63.8 Å². The maximum Gasteiger partial charge on any atom is 0.253 e. The Morgan fingerprint density at radius 3 is 2.23 bits per heavy atom. The van der Waals surface area contributed by atoms with Crippen molar-refractivity contribution in [3.8, 4) is 0 Å². The number of imide groups is 1. The molecular formula is C30H42N5O5. The molecule has 1 aliphatic heterocycles. The molecule has 0 aromatic heterocycles. The minimum atomic E-state index is -1.17. The first-order valence-electron chi connectivity index (χ1n) is 14.1. The highest BCUT2D eigenvalue weighted by molar-refractivity contribution is 6.12. The van der Waals surface area contributed by atoms with Crippen molar-refractivity contribution < 1.29 is 24.0 Å². The van der Waals surface area contributed by atoms with Crippen LogP contribution in [-0.2, 0) is 24.0 Å². The molecule has 1 atom stereocenters. The monoisotopic (exact) mass is 552 g/mol. The lowest BCUT2D eigenvalue weighted by atomic mass is 9.67. The fourth-order valence-corrected chi connectivity index (χ4v) is 4.84. The molecule has 0 bridgehead atoms. The minimum absolute atomic E-state index is 0.294. The van der Waals surface area contributed by atoms with E-state index in [0.29, 0.717) is 50.9 Å². The zero-order chi connectivity index (χ0) is 29.1. The normalized spacial score (nSPS) is 16.6. The third-order valence-electron chi connectivity index (χ3n) is 7.51. The van der Waals surface area contributed by atoms with E-state index in [1.165, 1.54) is 17.1 Å². The number of unbranched alkanes of at least 4 members (excludes halogenated alkanes) is 3. The van der Waals surface area contributed by atoms with Gasteiger partial charge in [-0.05, 0) is 96.6 Å². The van der Waals surface area contributed by atoms with Crippen LogP contribution in [-0.4, -0.2) is 79.1 Å². The number of amides is 5. The van der Waals surface area contributed by atoms with Gasteiger partial charge in [0, 0.05) is 30.9 Å². The van der Waals surface area contributed by atoms with Crippen LogP contribution in [0.25, 0.3) is 0 Å². The van der Waals surface area contributed by atoms with E-state index in [0.717, 1.165) is 37.8 Å². The van der Waals surface area contributed by atoms with Gasteiger partial charge in [-0.3, -0.25) is 28.9 Å². The van der Waals surface area contributed by atoms with E-state index in [9.17, 15) is 24.0 Å². The number of carbonyl (C=O) groups excluding carboxylic acids is 5. The van der Waals surface area contributed by atoms with Crippen molar-refractivity contribution in [3.63, 3.8) is 0 Å². The third-order valence-corrected chi connectivity index (χ3v) is 7.51. The standard InChI is InChI=1S/C30H42N5O5/c1-22-11-13-23(14-12-22)32-27(38)24(10-5-8-20-34(2)3)33-29(40)30(17-9-18-30)28(39)31-19-6-4-7-21-35-25(36)15-16-26(35)37/h11-16,24H,1,4-10,17-21H2,2-3H3,(H,31,39)(H,32,38)(H,33,40)/t24-/m0/s1. The van der Waals surface area contributed by atoms with Crippen molar-refractivity contribution in [1.82, 2.24) is 20.4 Å². The van der Waals surface area contributed by atoms with E-state index in [2.05, 4.69) is 27.8 Å². The fraction of sp³-hybridized carbons (Fsp3) is 0.533. The van der Waals surface area contributed by atoms with Gasteiger partial charge in [-0.15, -0.1) is 0 Å². The van der Waals surface area contributed by atoms with Crippen molar-refractivity contribution in [2.75, 3.05) is 39.0 Å². The molecule has 1 heterocycles. The molecule has 1 aromatic carbocycles. The molecule has 3 N–H and O–H groups in total. The summed E-state index contributed by atoms with van der Waals surface area (Å²) < 4.78 is 0. The van der Waals surface area contributed by atoms with Crippen LogP contribution < -0.4 is 16.0 Å². The molecule has 1 aliphatic carbocycles. The Kier molecular flexibility index (Phi) is 11.4. The number of benzene rings is 1. The second-order valence-electron chi connectivity index (χ2n) is 10.9. The largest absolute Gasteiger partial charge is 0.355 e. The lowest BCUT2D eigenvalue weighted by molar-refractivity contribution is -0.151. The van der Waals surface area contributed by atoms with Crippen LogP contribution in [0.1, 0.15) is 63.4 Å². The lowest BCUT2D eigenvalue weighted by Gasteiger charge is -2.39. The number of nitrogens with one attached hydrogen (secondary N) is 3. The highest BCUT2D eigenvalue weighted by Gasteiger charge is 2.51. The molecule has 1 saturated carbocycles. The number of hydrogen-bond acceptors (Lipinski definition) is 6. The highest BCUT2D eigenvalue weighted by atomic mass is 16.2. The van der Waals surface area contributed by atoms with E-state index >= 15 is 0 Å². The van der Waals surface area contributed by atoms with Crippen molar-refractivity contribution in [1.29, 1.82) is 0 Å². The molecule has 1 radical (unpaired) electrons. The van der Waals surface area contributed by atoms with E-state index in [-0.39, 0.29) is 23.6 Å². The van der Waals surface area contributed by atoms with Crippen LogP contribution in [0.3, 0.4) is 0 Å². The van der Waals surface area contributed by atoms with Crippen LogP contribution in [0.4, 0.5) is 5.69 Å². The van der Waals surface area contributed by atoms with Gasteiger partial charge in [0.2, 0.25) is 17.7 Å². The molecule has 2 aliphatic rings. The lowest BCUT2D eigenvalue weighted by Crippen LogP contribution is -2.58. The summed E-state index contributed by atoms with van der Waals surface area (Å²) in [6.45, 7) is 5.48. The Bertz CT molecular complexity index is 1080. The molecule has 40 heavy (non-hydrogen) atoms. The van der Waals surface area contributed by atoms with Gasteiger partial charge in [0.1, 0.15) is 11.5 Å². The fourth-order valence-electron chi connectivity index (χ4n) is 4.84. The summed E-state index contributed by atoms with van der Waals surface area (Å²) in [5.41, 5.74) is 0.284. The number of rotatable bonds is 16. The first-order chi connectivity index (χ1) is 19.1. The molecule has 0 saturated heterocycles. The Balaban J connectivity index is 1.51.